The van der Waals surface area contributed by atoms with Gasteiger partial charge in [-0.05, 0) is 55.6 Å². The van der Waals surface area contributed by atoms with E-state index in [1.807, 2.05) is 24.3 Å². The first-order chi connectivity index (χ1) is 11.2. The molecule has 1 aromatic carbocycles. The summed E-state index contributed by atoms with van der Waals surface area (Å²) in [6.45, 7) is 0.616. The Morgan fingerprint density at radius 1 is 1.35 bits per heavy atom. The van der Waals surface area contributed by atoms with Crippen LogP contribution in [-0.2, 0) is 0 Å². The lowest BCUT2D eigenvalue weighted by Crippen LogP contribution is -2.40. The number of rotatable bonds is 5. The van der Waals surface area contributed by atoms with E-state index in [4.69, 9.17) is 10.5 Å². The summed E-state index contributed by atoms with van der Waals surface area (Å²) >= 11 is 0. The summed E-state index contributed by atoms with van der Waals surface area (Å²) in [5, 5.41) is 7.43. The van der Waals surface area contributed by atoms with Crippen LogP contribution in [0.4, 0.5) is 0 Å². The monoisotopic (exact) mass is 314 g/mol. The predicted molar refractivity (Wildman–Crippen MR) is 87.8 cm³/mol. The second-order valence-electron chi connectivity index (χ2n) is 5.85. The van der Waals surface area contributed by atoms with E-state index in [-0.39, 0.29) is 11.9 Å². The maximum absolute atomic E-state index is 12.4. The number of nitrogens with zero attached hydrogens (tertiary/aromatic N) is 2. The van der Waals surface area contributed by atoms with E-state index < -0.39 is 0 Å². The highest BCUT2D eigenvalue weighted by Crippen LogP contribution is 2.24. The SMILES string of the molecule is COc1ccc(-n2ccc(C(=O)NC3CCCC3CN)n2)cc1. The Bertz CT molecular complexity index is 665. The van der Waals surface area contributed by atoms with Crippen molar-refractivity contribution in [2.24, 2.45) is 11.7 Å². The molecule has 3 rings (SSSR count). The van der Waals surface area contributed by atoms with E-state index in [0.717, 1.165) is 30.7 Å². The third-order valence-electron chi connectivity index (χ3n) is 4.44. The van der Waals surface area contributed by atoms with E-state index in [1.165, 1.54) is 0 Å². The Kier molecular flexibility index (Phi) is 4.62. The number of nitrogens with one attached hydrogen (secondary N) is 1. The number of methoxy groups -OCH3 is 1. The highest BCUT2D eigenvalue weighted by molar-refractivity contribution is 5.92. The maximum atomic E-state index is 12.4. The van der Waals surface area contributed by atoms with Gasteiger partial charge in [-0.25, -0.2) is 4.68 Å². The van der Waals surface area contributed by atoms with Crippen molar-refractivity contribution in [3.05, 3.63) is 42.2 Å². The number of hydrogen-bond acceptors (Lipinski definition) is 4. The van der Waals surface area contributed by atoms with Gasteiger partial charge < -0.3 is 15.8 Å². The average Bonchev–Trinajstić information content (AvgIpc) is 3.24. The quantitative estimate of drug-likeness (QED) is 0.880. The van der Waals surface area contributed by atoms with Gasteiger partial charge in [0.25, 0.3) is 5.91 Å². The molecule has 1 amide bonds. The Balaban J connectivity index is 1.69. The lowest BCUT2D eigenvalue weighted by atomic mass is 10.0. The summed E-state index contributed by atoms with van der Waals surface area (Å²) in [6, 6.07) is 9.41. The smallest absolute Gasteiger partial charge is 0.272 e. The largest absolute Gasteiger partial charge is 0.497 e. The first kappa shape index (κ1) is 15.6. The van der Waals surface area contributed by atoms with Crippen molar-refractivity contribution in [1.29, 1.82) is 0 Å². The molecule has 1 fully saturated rings. The van der Waals surface area contributed by atoms with Crippen LogP contribution in [0.15, 0.2) is 36.5 Å². The normalized spacial score (nSPS) is 20.4. The van der Waals surface area contributed by atoms with Crippen molar-refractivity contribution in [2.75, 3.05) is 13.7 Å². The van der Waals surface area contributed by atoms with Gasteiger partial charge in [-0.1, -0.05) is 6.42 Å². The van der Waals surface area contributed by atoms with Crippen molar-refractivity contribution in [2.45, 2.75) is 25.3 Å². The molecule has 1 heterocycles. The zero-order chi connectivity index (χ0) is 16.2. The molecule has 0 saturated heterocycles. The molecule has 1 aromatic heterocycles. The number of carbonyl (C=O) groups excluding carboxylic acids is 1. The average molecular weight is 314 g/mol. The first-order valence-corrected chi connectivity index (χ1v) is 7.92. The minimum atomic E-state index is -0.136. The molecule has 1 aliphatic carbocycles. The number of nitrogens with two attached hydrogens (primary N) is 1. The highest BCUT2D eigenvalue weighted by Gasteiger charge is 2.28. The van der Waals surface area contributed by atoms with Crippen LogP contribution in [0.3, 0.4) is 0 Å². The zero-order valence-corrected chi connectivity index (χ0v) is 13.2. The molecule has 1 aliphatic rings. The summed E-state index contributed by atoms with van der Waals surface area (Å²) in [7, 11) is 1.63. The van der Waals surface area contributed by atoms with Gasteiger partial charge in [0.1, 0.15) is 5.75 Å². The van der Waals surface area contributed by atoms with Gasteiger partial charge in [-0.15, -0.1) is 0 Å². The van der Waals surface area contributed by atoms with Crippen LogP contribution >= 0.6 is 0 Å². The van der Waals surface area contributed by atoms with E-state index in [1.54, 1.807) is 24.1 Å². The number of ether oxygens (including phenoxy) is 1. The summed E-state index contributed by atoms with van der Waals surface area (Å²) < 4.78 is 6.82. The van der Waals surface area contributed by atoms with Crippen molar-refractivity contribution in [1.82, 2.24) is 15.1 Å². The molecule has 122 valence electrons. The molecule has 3 N–H and O–H groups in total. The second kappa shape index (κ2) is 6.83. The molecule has 0 spiro atoms. The van der Waals surface area contributed by atoms with E-state index in [0.29, 0.717) is 18.2 Å². The van der Waals surface area contributed by atoms with Gasteiger partial charge in [-0.2, -0.15) is 5.10 Å². The molecule has 0 aliphatic heterocycles. The van der Waals surface area contributed by atoms with E-state index >= 15 is 0 Å². The van der Waals surface area contributed by atoms with Crippen molar-refractivity contribution < 1.29 is 9.53 Å². The summed E-state index contributed by atoms with van der Waals surface area (Å²) in [5.74, 6) is 1.03. The lowest BCUT2D eigenvalue weighted by molar-refractivity contribution is 0.0923. The lowest BCUT2D eigenvalue weighted by Gasteiger charge is -2.18. The van der Waals surface area contributed by atoms with Gasteiger partial charge in [0.05, 0.1) is 12.8 Å². The van der Waals surface area contributed by atoms with Gasteiger partial charge >= 0.3 is 0 Å². The Morgan fingerprint density at radius 3 is 2.83 bits per heavy atom. The fourth-order valence-corrected chi connectivity index (χ4v) is 3.08. The number of aromatic nitrogens is 2. The zero-order valence-electron chi connectivity index (χ0n) is 13.2. The Morgan fingerprint density at radius 2 is 2.13 bits per heavy atom. The maximum Gasteiger partial charge on any atom is 0.272 e. The van der Waals surface area contributed by atoms with Crippen LogP contribution in [0.1, 0.15) is 29.8 Å². The third-order valence-corrected chi connectivity index (χ3v) is 4.44. The molecular formula is C17H22N4O2. The first-order valence-electron chi connectivity index (χ1n) is 7.92. The van der Waals surface area contributed by atoms with Crippen LogP contribution in [0.2, 0.25) is 0 Å². The molecule has 0 bridgehead atoms. The number of carbonyl (C=O) groups is 1. The minimum Gasteiger partial charge on any atom is -0.497 e. The molecule has 23 heavy (non-hydrogen) atoms. The van der Waals surface area contributed by atoms with Gasteiger partial charge in [-0.3, -0.25) is 4.79 Å². The molecule has 0 radical (unpaired) electrons. The van der Waals surface area contributed by atoms with Crippen LogP contribution < -0.4 is 15.8 Å². The fraction of sp³-hybridized carbons (Fsp3) is 0.412. The second-order valence-corrected chi connectivity index (χ2v) is 5.85. The van der Waals surface area contributed by atoms with Crippen LogP contribution in [0.5, 0.6) is 5.75 Å². The van der Waals surface area contributed by atoms with Gasteiger partial charge in [0, 0.05) is 12.2 Å². The number of benzene rings is 1. The minimum absolute atomic E-state index is 0.136. The highest BCUT2D eigenvalue weighted by atomic mass is 16.5. The van der Waals surface area contributed by atoms with Crippen LogP contribution in [0, 0.1) is 5.92 Å². The van der Waals surface area contributed by atoms with Crippen molar-refractivity contribution >= 4 is 5.91 Å². The van der Waals surface area contributed by atoms with Crippen molar-refractivity contribution in [3.63, 3.8) is 0 Å². The molecular weight excluding hydrogens is 292 g/mol. The molecule has 6 heteroatoms. The van der Waals surface area contributed by atoms with Crippen LogP contribution in [-0.4, -0.2) is 35.4 Å². The van der Waals surface area contributed by atoms with E-state index in [2.05, 4.69) is 10.4 Å². The Labute approximate surface area is 135 Å². The molecule has 2 unspecified atom stereocenters. The molecule has 2 atom stereocenters. The fourth-order valence-electron chi connectivity index (χ4n) is 3.08. The third kappa shape index (κ3) is 3.37. The van der Waals surface area contributed by atoms with Gasteiger partial charge in [0.15, 0.2) is 5.69 Å². The summed E-state index contributed by atoms with van der Waals surface area (Å²) in [4.78, 5) is 12.4. The topological polar surface area (TPSA) is 82.2 Å². The van der Waals surface area contributed by atoms with Crippen molar-refractivity contribution in [3.8, 4) is 11.4 Å². The number of hydrogen-bond donors (Lipinski definition) is 2. The predicted octanol–water partition coefficient (Wildman–Crippen LogP) is 1.74. The molecule has 1 saturated carbocycles. The Hall–Kier alpha value is -2.34. The summed E-state index contributed by atoms with van der Waals surface area (Å²) in [5.41, 5.74) is 7.06. The summed E-state index contributed by atoms with van der Waals surface area (Å²) in [6.07, 6.45) is 4.98. The van der Waals surface area contributed by atoms with Gasteiger partial charge in [0.2, 0.25) is 0 Å². The molecule has 6 nitrogen and oxygen atoms in total. The number of amides is 1. The van der Waals surface area contributed by atoms with Crippen LogP contribution in [0.25, 0.3) is 5.69 Å². The standard InChI is InChI=1S/C17H22N4O2/c1-23-14-7-5-13(6-8-14)21-10-9-16(20-21)17(22)19-15-4-2-3-12(15)11-18/h5-10,12,15H,2-4,11,18H2,1H3,(H,19,22). The molecule has 2 aromatic rings. The van der Waals surface area contributed by atoms with E-state index in [9.17, 15) is 4.79 Å².